The minimum absolute atomic E-state index is 0.0620. The molecule has 2 saturated heterocycles. The van der Waals surface area contributed by atoms with Gasteiger partial charge in [0.1, 0.15) is 5.60 Å². The first-order valence-corrected chi connectivity index (χ1v) is 8.49. The summed E-state index contributed by atoms with van der Waals surface area (Å²) in [5, 5.41) is 0. The molecule has 2 aliphatic rings. The minimum atomic E-state index is -0.468. The minimum Gasteiger partial charge on any atom is -0.444 e. The van der Waals surface area contributed by atoms with Crippen LogP contribution in [0.15, 0.2) is 11.5 Å². The fourth-order valence-corrected chi connectivity index (χ4v) is 2.85. The topological polar surface area (TPSA) is 48.0 Å². The Morgan fingerprint density at radius 3 is 2.48 bits per heavy atom. The first-order valence-electron chi connectivity index (χ1n) is 8.49. The SMILES string of the molecule is C/C(=C/C1CCCN1C(=O)OC(C)(C)C)B1OCC(C)(C)CO1. The van der Waals surface area contributed by atoms with Gasteiger partial charge < -0.3 is 18.9 Å². The van der Waals surface area contributed by atoms with Crippen LogP contribution in [0.25, 0.3) is 0 Å². The van der Waals surface area contributed by atoms with E-state index in [1.165, 1.54) is 0 Å². The molecule has 5 nitrogen and oxygen atoms in total. The molecule has 6 heteroatoms. The van der Waals surface area contributed by atoms with Crippen molar-refractivity contribution in [3.63, 3.8) is 0 Å². The summed E-state index contributed by atoms with van der Waals surface area (Å²) < 4.78 is 17.1. The van der Waals surface area contributed by atoms with Gasteiger partial charge >= 0.3 is 13.2 Å². The summed E-state index contributed by atoms with van der Waals surface area (Å²) in [7, 11) is -0.302. The Hall–Kier alpha value is -1.01. The maximum absolute atomic E-state index is 12.3. The van der Waals surface area contributed by atoms with Gasteiger partial charge in [-0.1, -0.05) is 19.9 Å². The number of hydrogen-bond acceptors (Lipinski definition) is 4. The van der Waals surface area contributed by atoms with Crippen molar-refractivity contribution < 1.29 is 18.8 Å². The number of hydrogen-bond donors (Lipinski definition) is 0. The smallest absolute Gasteiger partial charge is 0.444 e. The van der Waals surface area contributed by atoms with Crippen molar-refractivity contribution in [3.8, 4) is 0 Å². The Morgan fingerprint density at radius 1 is 1.30 bits per heavy atom. The molecule has 0 aliphatic carbocycles. The van der Waals surface area contributed by atoms with Crippen LogP contribution in [0, 0.1) is 5.41 Å². The van der Waals surface area contributed by atoms with E-state index < -0.39 is 5.60 Å². The summed E-state index contributed by atoms with van der Waals surface area (Å²) in [6.07, 6.45) is 3.80. The van der Waals surface area contributed by atoms with Crippen molar-refractivity contribution in [3.05, 3.63) is 11.5 Å². The highest BCUT2D eigenvalue weighted by Gasteiger charge is 2.35. The molecule has 2 heterocycles. The van der Waals surface area contributed by atoms with Crippen LogP contribution in [0.4, 0.5) is 4.79 Å². The molecule has 0 saturated carbocycles. The zero-order valence-electron chi connectivity index (χ0n) is 15.3. The van der Waals surface area contributed by atoms with Crippen molar-refractivity contribution in [1.29, 1.82) is 0 Å². The largest absolute Gasteiger partial charge is 0.489 e. The zero-order valence-corrected chi connectivity index (χ0v) is 15.3. The van der Waals surface area contributed by atoms with E-state index in [1.807, 2.05) is 32.6 Å². The van der Waals surface area contributed by atoms with Gasteiger partial charge in [0.15, 0.2) is 0 Å². The van der Waals surface area contributed by atoms with Crippen molar-refractivity contribution >= 4 is 13.2 Å². The number of nitrogens with zero attached hydrogens (tertiary/aromatic N) is 1. The van der Waals surface area contributed by atoms with Crippen molar-refractivity contribution in [2.24, 2.45) is 5.41 Å². The lowest BCUT2D eigenvalue weighted by atomic mass is 9.75. The number of likely N-dealkylation sites (tertiary alicyclic amines) is 1. The molecule has 0 spiro atoms. The molecular weight excluding hydrogens is 293 g/mol. The fraction of sp³-hybridized carbons (Fsp3) is 0.824. The average Bonchev–Trinajstić information content (AvgIpc) is 2.84. The highest BCUT2D eigenvalue weighted by atomic mass is 16.6. The van der Waals surface area contributed by atoms with Crippen LogP contribution in [-0.4, -0.2) is 49.5 Å². The molecule has 0 radical (unpaired) electrons. The second-order valence-corrected chi connectivity index (χ2v) is 8.41. The Bertz CT molecular complexity index is 460. The van der Waals surface area contributed by atoms with Gasteiger partial charge in [0.25, 0.3) is 0 Å². The molecular formula is C17H30BNO4. The Balaban J connectivity index is 1.98. The maximum Gasteiger partial charge on any atom is 0.489 e. The predicted octanol–water partition coefficient (Wildman–Crippen LogP) is 3.43. The van der Waals surface area contributed by atoms with Crippen molar-refractivity contribution in [2.75, 3.05) is 19.8 Å². The number of rotatable bonds is 2. The van der Waals surface area contributed by atoms with Crippen LogP contribution in [0.5, 0.6) is 0 Å². The third-order valence-corrected chi connectivity index (χ3v) is 4.01. The van der Waals surface area contributed by atoms with Gasteiger partial charge in [0, 0.05) is 25.2 Å². The Morgan fingerprint density at radius 2 is 1.91 bits per heavy atom. The van der Waals surface area contributed by atoms with Gasteiger partial charge in [0.2, 0.25) is 0 Å². The molecule has 2 rings (SSSR count). The summed E-state index contributed by atoms with van der Waals surface area (Å²) in [4.78, 5) is 14.1. The molecule has 2 aliphatic heterocycles. The molecule has 0 N–H and O–H groups in total. The maximum atomic E-state index is 12.3. The third kappa shape index (κ3) is 5.25. The standard InChI is InChI=1S/C17H30BNO4/c1-13(18-21-11-17(5,6)12-22-18)10-14-8-7-9-19(14)15(20)23-16(2,3)4/h10,14H,7-9,11-12H2,1-6H3/b13-10-. The molecule has 0 bridgehead atoms. The van der Waals surface area contributed by atoms with E-state index in [1.54, 1.807) is 0 Å². The second-order valence-electron chi connectivity index (χ2n) is 8.41. The van der Waals surface area contributed by atoms with Gasteiger partial charge in [-0.25, -0.2) is 4.79 Å². The summed E-state index contributed by atoms with van der Waals surface area (Å²) in [6.45, 7) is 14.0. The number of allylic oxidation sites excluding steroid dienone is 1. The zero-order chi connectivity index (χ0) is 17.3. The predicted molar refractivity (Wildman–Crippen MR) is 91.2 cm³/mol. The fourth-order valence-electron chi connectivity index (χ4n) is 2.85. The van der Waals surface area contributed by atoms with E-state index in [4.69, 9.17) is 14.0 Å². The molecule has 0 aromatic heterocycles. The van der Waals surface area contributed by atoms with E-state index in [-0.39, 0.29) is 24.7 Å². The van der Waals surface area contributed by atoms with E-state index in [0.29, 0.717) is 13.2 Å². The monoisotopic (exact) mass is 323 g/mol. The van der Waals surface area contributed by atoms with Crippen molar-refractivity contribution in [1.82, 2.24) is 4.90 Å². The van der Waals surface area contributed by atoms with E-state index in [9.17, 15) is 4.79 Å². The average molecular weight is 323 g/mol. The molecule has 0 aromatic rings. The highest BCUT2D eigenvalue weighted by molar-refractivity contribution is 6.53. The molecule has 1 unspecified atom stereocenters. The van der Waals surface area contributed by atoms with Gasteiger partial charge in [-0.05, 0) is 46.0 Å². The van der Waals surface area contributed by atoms with Crippen LogP contribution < -0.4 is 0 Å². The molecule has 2 fully saturated rings. The number of carbonyl (C=O) groups is 1. The summed E-state index contributed by atoms with van der Waals surface area (Å²) >= 11 is 0. The van der Waals surface area contributed by atoms with Crippen molar-refractivity contribution in [2.45, 2.75) is 66.0 Å². The lowest BCUT2D eigenvalue weighted by Crippen LogP contribution is -2.42. The second kappa shape index (κ2) is 6.85. The first-order chi connectivity index (χ1) is 10.6. The van der Waals surface area contributed by atoms with Crippen LogP contribution in [0.3, 0.4) is 0 Å². The van der Waals surface area contributed by atoms with Gasteiger partial charge in [-0.3, -0.25) is 0 Å². The van der Waals surface area contributed by atoms with Gasteiger partial charge in [0.05, 0.1) is 6.04 Å². The van der Waals surface area contributed by atoms with Gasteiger partial charge in [-0.15, -0.1) is 0 Å². The van der Waals surface area contributed by atoms with E-state index >= 15 is 0 Å². The highest BCUT2D eigenvalue weighted by Crippen LogP contribution is 2.26. The lowest BCUT2D eigenvalue weighted by Gasteiger charge is -2.33. The van der Waals surface area contributed by atoms with Crippen LogP contribution in [0.1, 0.15) is 54.4 Å². The Kier molecular flexibility index (Phi) is 5.46. The summed E-state index contributed by atoms with van der Waals surface area (Å²) in [5.41, 5.74) is 0.623. The lowest BCUT2D eigenvalue weighted by molar-refractivity contribution is 0.0251. The Labute approximate surface area is 140 Å². The van der Waals surface area contributed by atoms with E-state index in [2.05, 4.69) is 19.9 Å². The quantitative estimate of drug-likeness (QED) is 0.731. The molecule has 23 heavy (non-hydrogen) atoms. The number of ether oxygens (including phenoxy) is 1. The van der Waals surface area contributed by atoms with Gasteiger partial charge in [-0.2, -0.15) is 0 Å². The van der Waals surface area contributed by atoms with E-state index in [0.717, 1.165) is 24.9 Å². The molecule has 130 valence electrons. The van der Waals surface area contributed by atoms with Crippen LogP contribution >= 0.6 is 0 Å². The number of carbonyl (C=O) groups excluding carboxylic acids is 1. The normalized spacial score (nSPS) is 25.7. The molecule has 0 aromatic carbocycles. The molecule has 1 amide bonds. The molecule has 1 atom stereocenters. The summed E-state index contributed by atoms with van der Waals surface area (Å²) in [5.74, 6) is 0. The van der Waals surface area contributed by atoms with Crippen LogP contribution in [-0.2, 0) is 14.0 Å². The third-order valence-electron chi connectivity index (χ3n) is 4.01. The summed E-state index contributed by atoms with van der Waals surface area (Å²) in [6, 6.07) is 0.0620. The first kappa shape index (κ1) is 18.3. The van der Waals surface area contributed by atoms with Crippen LogP contribution in [0.2, 0.25) is 0 Å². The number of amides is 1.